The predicted octanol–water partition coefficient (Wildman–Crippen LogP) is 1.64. The molecule has 0 spiro atoms. The molecule has 1 aliphatic heterocycles. The number of aliphatic hydroxyl groups excluding tert-OH is 1. The van der Waals surface area contributed by atoms with E-state index in [1.807, 2.05) is 4.90 Å². The summed E-state index contributed by atoms with van der Waals surface area (Å²) in [5.41, 5.74) is 6.98. The number of carbonyl (C=O) groups excluding carboxylic acids is 1. The number of nitrogens with zero attached hydrogens (tertiary/aromatic N) is 1. The van der Waals surface area contributed by atoms with Crippen LogP contribution < -0.4 is 5.73 Å². The van der Waals surface area contributed by atoms with Crippen molar-refractivity contribution in [3.8, 4) is 0 Å². The van der Waals surface area contributed by atoms with Crippen LogP contribution in [-0.4, -0.2) is 48.3 Å². The Balaban J connectivity index is 1.92. The summed E-state index contributed by atoms with van der Waals surface area (Å²) < 4.78 is 6.28. The fourth-order valence-corrected chi connectivity index (χ4v) is 2.55. The molecule has 2 rings (SSSR count). The molecule has 1 amide bonds. The van der Waals surface area contributed by atoms with Crippen LogP contribution in [0.5, 0.6) is 0 Å². The first-order valence-corrected chi connectivity index (χ1v) is 7.48. The highest BCUT2D eigenvalue weighted by molar-refractivity contribution is 9.10. The van der Waals surface area contributed by atoms with Gasteiger partial charge in [0.1, 0.15) is 0 Å². The largest absolute Gasteiger partial charge is 0.398 e. The second kappa shape index (κ2) is 7.06. The lowest BCUT2D eigenvalue weighted by Crippen LogP contribution is -2.41. The second-order valence-corrected chi connectivity index (χ2v) is 5.68. The maximum Gasteiger partial charge on any atom is 0.253 e. The quantitative estimate of drug-likeness (QED) is 0.815. The molecule has 1 aromatic carbocycles. The van der Waals surface area contributed by atoms with Crippen LogP contribution in [0.25, 0.3) is 0 Å². The number of halogens is 1. The molecule has 0 bridgehead atoms. The number of amides is 1. The number of hydrogen-bond donors (Lipinski definition) is 2. The first kappa shape index (κ1) is 15.3. The number of anilines is 1. The standard InChI is InChI=1S/C14H19BrN2O3/c15-12-2-1-10(9-13(12)16)14(19)17-5-3-11(4-6-17)20-8-7-18/h1-2,9,11,18H,3-8,16H2. The van der Waals surface area contributed by atoms with Crippen molar-refractivity contribution in [2.24, 2.45) is 0 Å². The zero-order valence-corrected chi connectivity index (χ0v) is 12.8. The van der Waals surface area contributed by atoms with Crippen LogP contribution in [0.4, 0.5) is 5.69 Å². The van der Waals surface area contributed by atoms with Gasteiger partial charge in [-0.1, -0.05) is 0 Å². The average molecular weight is 343 g/mol. The van der Waals surface area contributed by atoms with E-state index >= 15 is 0 Å². The second-order valence-electron chi connectivity index (χ2n) is 4.82. The van der Waals surface area contributed by atoms with Gasteiger partial charge in [0, 0.05) is 28.8 Å². The third kappa shape index (κ3) is 3.71. The molecule has 5 nitrogen and oxygen atoms in total. The SMILES string of the molecule is Nc1cc(C(=O)N2CCC(OCCO)CC2)ccc1Br. The van der Waals surface area contributed by atoms with Crippen LogP contribution in [0.3, 0.4) is 0 Å². The van der Waals surface area contributed by atoms with Gasteiger partial charge in [0.2, 0.25) is 0 Å². The molecular weight excluding hydrogens is 324 g/mol. The molecule has 1 fully saturated rings. The van der Waals surface area contributed by atoms with Crippen molar-refractivity contribution < 1.29 is 14.6 Å². The minimum atomic E-state index is 0.00445. The Morgan fingerprint density at radius 2 is 2.15 bits per heavy atom. The van der Waals surface area contributed by atoms with Gasteiger partial charge in [-0.15, -0.1) is 0 Å². The van der Waals surface area contributed by atoms with Crippen LogP contribution >= 0.6 is 15.9 Å². The molecule has 0 aliphatic carbocycles. The van der Waals surface area contributed by atoms with E-state index < -0.39 is 0 Å². The topological polar surface area (TPSA) is 75.8 Å². The lowest BCUT2D eigenvalue weighted by molar-refractivity contribution is -0.00554. The third-order valence-corrected chi connectivity index (χ3v) is 4.14. The van der Waals surface area contributed by atoms with Gasteiger partial charge in [0.05, 0.1) is 19.3 Å². The zero-order chi connectivity index (χ0) is 14.5. The summed E-state index contributed by atoms with van der Waals surface area (Å²) in [6, 6.07) is 5.26. The lowest BCUT2D eigenvalue weighted by Gasteiger charge is -2.32. The maximum absolute atomic E-state index is 12.4. The summed E-state index contributed by atoms with van der Waals surface area (Å²) in [6.07, 6.45) is 1.75. The van der Waals surface area contributed by atoms with Gasteiger partial charge >= 0.3 is 0 Å². The van der Waals surface area contributed by atoms with E-state index in [4.69, 9.17) is 15.6 Å². The number of likely N-dealkylation sites (tertiary alicyclic amines) is 1. The smallest absolute Gasteiger partial charge is 0.253 e. The first-order valence-electron chi connectivity index (χ1n) is 6.68. The van der Waals surface area contributed by atoms with E-state index in [1.165, 1.54) is 0 Å². The van der Waals surface area contributed by atoms with Crippen LogP contribution in [-0.2, 0) is 4.74 Å². The molecule has 0 aromatic heterocycles. The number of aliphatic hydroxyl groups is 1. The van der Waals surface area contributed by atoms with E-state index in [0.717, 1.165) is 17.3 Å². The molecule has 0 unspecified atom stereocenters. The van der Waals surface area contributed by atoms with Crippen molar-refractivity contribution in [1.29, 1.82) is 0 Å². The number of nitrogen functional groups attached to an aromatic ring is 1. The van der Waals surface area contributed by atoms with Gasteiger partial charge < -0.3 is 20.5 Å². The summed E-state index contributed by atoms with van der Waals surface area (Å²) in [6.45, 7) is 1.75. The summed E-state index contributed by atoms with van der Waals surface area (Å²) in [5.74, 6) is 0.00445. The normalized spacial score (nSPS) is 16.4. The van der Waals surface area contributed by atoms with Crippen molar-refractivity contribution in [3.05, 3.63) is 28.2 Å². The molecule has 1 saturated heterocycles. The summed E-state index contributed by atoms with van der Waals surface area (Å²) in [7, 11) is 0. The van der Waals surface area contributed by atoms with Crippen LogP contribution in [0.2, 0.25) is 0 Å². The molecular formula is C14H19BrN2O3. The van der Waals surface area contributed by atoms with Crippen LogP contribution in [0.15, 0.2) is 22.7 Å². The highest BCUT2D eigenvalue weighted by atomic mass is 79.9. The van der Waals surface area contributed by atoms with Gasteiger partial charge in [-0.25, -0.2) is 0 Å². The molecule has 6 heteroatoms. The molecule has 0 saturated carbocycles. The van der Waals surface area contributed by atoms with Crippen molar-refractivity contribution in [2.75, 3.05) is 32.0 Å². The van der Waals surface area contributed by atoms with Crippen LogP contribution in [0, 0.1) is 0 Å². The summed E-state index contributed by atoms with van der Waals surface area (Å²) in [5, 5.41) is 8.73. The fourth-order valence-electron chi connectivity index (χ4n) is 2.30. The van der Waals surface area contributed by atoms with Crippen LogP contribution in [0.1, 0.15) is 23.2 Å². The summed E-state index contributed by atoms with van der Waals surface area (Å²) in [4.78, 5) is 14.2. The number of benzene rings is 1. The highest BCUT2D eigenvalue weighted by Gasteiger charge is 2.24. The third-order valence-electron chi connectivity index (χ3n) is 3.42. The predicted molar refractivity (Wildman–Crippen MR) is 80.5 cm³/mol. The molecule has 110 valence electrons. The fraction of sp³-hybridized carbons (Fsp3) is 0.500. The number of nitrogens with two attached hydrogens (primary N) is 1. The first-order chi connectivity index (χ1) is 9.61. The molecule has 0 atom stereocenters. The molecule has 0 radical (unpaired) electrons. The Morgan fingerprint density at radius 3 is 2.75 bits per heavy atom. The number of rotatable bonds is 4. The number of piperidine rings is 1. The lowest BCUT2D eigenvalue weighted by atomic mass is 10.1. The van der Waals surface area contributed by atoms with Gasteiger partial charge in [-0.05, 0) is 47.0 Å². The Labute approximate surface area is 126 Å². The Morgan fingerprint density at radius 1 is 1.45 bits per heavy atom. The molecule has 3 N–H and O–H groups in total. The van der Waals surface area contributed by atoms with Gasteiger partial charge in [0.15, 0.2) is 0 Å². The summed E-state index contributed by atoms with van der Waals surface area (Å²) >= 11 is 3.32. The number of hydrogen-bond acceptors (Lipinski definition) is 4. The van der Waals surface area contributed by atoms with E-state index in [-0.39, 0.29) is 18.6 Å². The number of carbonyl (C=O) groups is 1. The van der Waals surface area contributed by atoms with Gasteiger partial charge in [0.25, 0.3) is 5.91 Å². The Kier molecular flexibility index (Phi) is 5.39. The minimum absolute atomic E-state index is 0.00445. The van der Waals surface area contributed by atoms with Crippen molar-refractivity contribution >= 4 is 27.5 Å². The minimum Gasteiger partial charge on any atom is -0.398 e. The zero-order valence-electron chi connectivity index (χ0n) is 11.2. The molecule has 1 aliphatic rings. The van der Waals surface area contributed by atoms with Gasteiger partial charge in [-0.2, -0.15) is 0 Å². The van der Waals surface area contributed by atoms with Crippen molar-refractivity contribution in [1.82, 2.24) is 4.90 Å². The molecule has 20 heavy (non-hydrogen) atoms. The van der Waals surface area contributed by atoms with E-state index in [2.05, 4.69) is 15.9 Å². The van der Waals surface area contributed by atoms with E-state index in [9.17, 15) is 4.79 Å². The average Bonchev–Trinajstić information content (AvgIpc) is 2.48. The van der Waals surface area contributed by atoms with Gasteiger partial charge in [-0.3, -0.25) is 4.79 Å². The maximum atomic E-state index is 12.4. The number of ether oxygens (including phenoxy) is 1. The Hall–Kier alpha value is -1.11. The molecule has 1 heterocycles. The Bertz CT molecular complexity index is 473. The van der Waals surface area contributed by atoms with Crippen molar-refractivity contribution in [3.63, 3.8) is 0 Å². The monoisotopic (exact) mass is 342 g/mol. The van der Waals surface area contributed by atoms with Crippen molar-refractivity contribution in [2.45, 2.75) is 18.9 Å². The van der Waals surface area contributed by atoms with E-state index in [1.54, 1.807) is 18.2 Å². The molecule has 1 aromatic rings. The highest BCUT2D eigenvalue weighted by Crippen LogP contribution is 2.22. The van der Waals surface area contributed by atoms with E-state index in [0.29, 0.717) is 30.9 Å².